The van der Waals surface area contributed by atoms with Crippen molar-refractivity contribution < 1.29 is 9.84 Å². The molecular formula is C17H26N2O2. The van der Waals surface area contributed by atoms with Crippen molar-refractivity contribution in [3.63, 3.8) is 0 Å². The zero-order valence-electron chi connectivity index (χ0n) is 13.2. The van der Waals surface area contributed by atoms with Crippen molar-refractivity contribution in [2.75, 3.05) is 34.3 Å². The monoisotopic (exact) mass is 290 g/mol. The molecule has 0 spiro atoms. The fourth-order valence-corrected chi connectivity index (χ4v) is 3.81. The lowest BCUT2D eigenvalue weighted by molar-refractivity contribution is 0.0289. The minimum Gasteiger partial charge on any atom is -0.497 e. The van der Waals surface area contributed by atoms with Gasteiger partial charge in [0.15, 0.2) is 0 Å². The Morgan fingerprint density at radius 1 is 1.38 bits per heavy atom. The number of likely N-dealkylation sites (N-methyl/N-ethyl adjacent to an activating group) is 2. The van der Waals surface area contributed by atoms with Gasteiger partial charge in [-0.25, -0.2) is 0 Å². The second-order valence-electron chi connectivity index (χ2n) is 6.50. The molecule has 2 aliphatic rings. The van der Waals surface area contributed by atoms with Gasteiger partial charge in [0, 0.05) is 18.6 Å². The second-order valence-corrected chi connectivity index (χ2v) is 6.50. The molecule has 1 aromatic rings. The molecule has 0 aromatic heterocycles. The predicted molar refractivity (Wildman–Crippen MR) is 83.7 cm³/mol. The summed E-state index contributed by atoms with van der Waals surface area (Å²) in [6, 6.07) is 6.80. The molecule has 3 unspecified atom stereocenters. The van der Waals surface area contributed by atoms with E-state index >= 15 is 0 Å². The first kappa shape index (κ1) is 14.8. The first-order chi connectivity index (χ1) is 10.1. The number of rotatable bonds is 3. The quantitative estimate of drug-likeness (QED) is 0.919. The molecule has 116 valence electrons. The highest BCUT2D eigenvalue weighted by Gasteiger charge is 2.37. The third-order valence-corrected chi connectivity index (χ3v) is 5.16. The van der Waals surface area contributed by atoms with Crippen LogP contribution in [0.2, 0.25) is 0 Å². The van der Waals surface area contributed by atoms with Crippen molar-refractivity contribution in [3.8, 4) is 5.75 Å². The summed E-state index contributed by atoms with van der Waals surface area (Å²) >= 11 is 0. The Labute approximate surface area is 127 Å². The highest BCUT2D eigenvalue weighted by atomic mass is 16.5. The van der Waals surface area contributed by atoms with Gasteiger partial charge in [-0.05, 0) is 63.2 Å². The smallest absolute Gasteiger partial charge is 0.119 e. The molecule has 4 nitrogen and oxygen atoms in total. The number of nitrogens with zero attached hydrogens (tertiary/aromatic N) is 2. The summed E-state index contributed by atoms with van der Waals surface area (Å²) in [5.41, 5.74) is 2.29. The molecule has 1 aromatic carbocycles. The summed E-state index contributed by atoms with van der Waals surface area (Å²) in [5, 5.41) is 10.7. The van der Waals surface area contributed by atoms with E-state index in [9.17, 15) is 5.11 Å². The number of aliphatic hydroxyl groups is 1. The van der Waals surface area contributed by atoms with E-state index in [2.05, 4.69) is 30.0 Å². The summed E-state index contributed by atoms with van der Waals surface area (Å²) in [6.07, 6.45) is 2.99. The van der Waals surface area contributed by atoms with Gasteiger partial charge < -0.3 is 14.7 Å². The van der Waals surface area contributed by atoms with Crippen molar-refractivity contribution in [3.05, 3.63) is 29.3 Å². The van der Waals surface area contributed by atoms with Gasteiger partial charge in [-0.15, -0.1) is 0 Å². The van der Waals surface area contributed by atoms with Gasteiger partial charge in [0.05, 0.1) is 13.2 Å². The minimum atomic E-state index is -0.410. The van der Waals surface area contributed by atoms with Gasteiger partial charge in [0.25, 0.3) is 0 Å². The van der Waals surface area contributed by atoms with E-state index in [0.29, 0.717) is 6.04 Å². The fourth-order valence-electron chi connectivity index (χ4n) is 3.81. The summed E-state index contributed by atoms with van der Waals surface area (Å²) in [6.45, 7) is 2.29. The molecule has 1 N–H and O–H groups in total. The first-order valence-corrected chi connectivity index (χ1v) is 7.85. The van der Waals surface area contributed by atoms with Crippen molar-refractivity contribution in [2.24, 2.45) is 0 Å². The number of methoxy groups -OCH3 is 1. The Hall–Kier alpha value is -1.10. The van der Waals surface area contributed by atoms with Crippen molar-refractivity contribution in [1.29, 1.82) is 0 Å². The zero-order chi connectivity index (χ0) is 15.0. The number of ether oxygens (including phenoxy) is 1. The Morgan fingerprint density at radius 3 is 2.90 bits per heavy atom. The van der Waals surface area contributed by atoms with Gasteiger partial charge >= 0.3 is 0 Å². The van der Waals surface area contributed by atoms with Gasteiger partial charge in [-0.3, -0.25) is 4.90 Å². The van der Waals surface area contributed by atoms with Crippen LogP contribution in [-0.2, 0) is 6.42 Å². The molecule has 0 radical (unpaired) electrons. The Morgan fingerprint density at radius 2 is 2.19 bits per heavy atom. The van der Waals surface area contributed by atoms with Crippen molar-refractivity contribution in [2.45, 2.75) is 37.5 Å². The molecule has 1 fully saturated rings. The van der Waals surface area contributed by atoms with Crippen LogP contribution in [0.15, 0.2) is 18.2 Å². The molecule has 1 aliphatic heterocycles. The van der Waals surface area contributed by atoms with Crippen LogP contribution in [0.3, 0.4) is 0 Å². The highest BCUT2D eigenvalue weighted by Crippen LogP contribution is 2.37. The maximum absolute atomic E-state index is 10.7. The van der Waals surface area contributed by atoms with E-state index < -0.39 is 6.10 Å². The number of hydrogen-bond donors (Lipinski definition) is 1. The van der Waals surface area contributed by atoms with Gasteiger partial charge in [-0.1, -0.05) is 6.07 Å². The summed E-state index contributed by atoms with van der Waals surface area (Å²) in [7, 11) is 6.02. The highest BCUT2D eigenvalue weighted by molar-refractivity contribution is 5.41. The fraction of sp³-hybridized carbons (Fsp3) is 0.647. The summed E-state index contributed by atoms with van der Waals surface area (Å²) < 4.78 is 5.28. The average Bonchev–Trinajstić information content (AvgIpc) is 2.83. The molecule has 3 atom stereocenters. The Bertz CT molecular complexity index is 506. The van der Waals surface area contributed by atoms with Crippen LogP contribution < -0.4 is 4.74 Å². The van der Waals surface area contributed by atoms with Crippen molar-refractivity contribution in [1.82, 2.24) is 9.80 Å². The second kappa shape index (κ2) is 5.95. The van der Waals surface area contributed by atoms with Gasteiger partial charge in [-0.2, -0.15) is 0 Å². The normalized spacial score (nSPS) is 29.7. The van der Waals surface area contributed by atoms with E-state index in [1.807, 2.05) is 12.1 Å². The van der Waals surface area contributed by atoms with E-state index in [-0.39, 0.29) is 6.04 Å². The average molecular weight is 290 g/mol. The van der Waals surface area contributed by atoms with E-state index in [1.165, 1.54) is 24.9 Å². The zero-order valence-corrected chi connectivity index (χ0v) is 13.2. The molecule has 21 heavy (non-hydrogen) atoms. The summed E-state index contributed by atoms with van der Waals surface area (Å²) in [5.74, 6) is 0.827. The first-order valence-electron chi connectivity index (χ1n) is 7.85. The number of piperidine rings is 1. The molecule has 0 saturated carbocycles. The van der Waals surface area contributed by atoms with E-state index in [1.54, 1.807) is 7.11 Å². The van der Waals surface area contributed by atoms with Crippen LogP contribution in [-0.4, -0.2) is 61.3 Å². The Kier molecular flexibility index (Phi) is 4.20. The number of fused-ring (bicyclic) bond motifs is 1. The third kappa shape index (κ3) is 2.80. The predicted octanol–water partition coefficient (Wildman–Crippen LogP) is 1.68. The topological polar surface area (TPSA) is 35.9 Å². The Balaban J connectivity index is 1.75. The molecule has 1 aliphatic carbocycles. The van der Waals surface area contributed by atoms with Gasteiger partial charge in [0.1, 0.15) is 5.75 Å². The van der Waals surface area contributed by atoms with E-state index in [0.717, 1.165) is 24.3 Å². The lowest BCUT2D eigenvalue weighted by Gasteiger charge is -2.39. The molecule has 4 heteroatoms. The standard InChI is InChI=1S/C17H26N2O2/c1-18-8-4-5-13(11-18)19(2)16-9-12-6-7-14(21-3)10-15(12)17(16)20/h6-7,10,13,16-17,20H,4-5,8-9,11H2,1-3H3. The number of aliphatic hydroxyl groups excluding tert-OH is 1. The molecular weight excluding hydrogens is 264 g/mol. The SMILES string of the molecule is COc1ccc2c(c1)C(O)C(N(C)C1CCCN(C)C1)C2. The molecule has 3 rings (SSSR count). The summed E-state index contributed by atoms with van der Waals surface area (Å²) in [4.78, 5) is 4.79. The van der Waals surface area contributed by atoms with Crippen LogP contribution >= 0.6 is 0 Å². The third-order valence-electron chi connectivity index (χ3n) is 5.16. The van der Waals surface area contributed by atoms with Crippen LogP contribution in [0.5, 0.6) is 5.75 Å². The largest absolute Gasteiger partial charge is 0.497 e. The maximum Gasteiger partial charge on any atom is 0.119 e. The molecule has 1 heterocycles. The maximum atomic E-state index is 10.7. The number of benzene rings is 1. The number of hydrogen-bond acceptors (Lipinski definition) is 4. The minimum absolute atomic E-state index is 0.184. The molecule has 0 amide bonds. The lowest BCUT2D eigenvalue weighted by atomic mass is 10.0. The van der Waals surface area contributed by atoms with E-state index in [4.69, 9.17) is 4.74 Å². The lowest BCUT2D eigenvalue weighted by Crippen LogP contribution is -2.50. The molecule has 1 saturated heterocycles. The number of likely N-dealkylation sites (tertiary alicyclic amines) is 1. The van der Waals surface area contributed by atoms with Crippen LogP contribution in [0.1, 0.15) is 30.1 Å². The molecule has 0 bridgehead atoms. The van der Waals surface area contributed by atoms with Crippen molar-refractivity contribution >= 4 is 0 Å². The van der Waals surface area contributed by atoms with Crippen LogP contribution in [0.4, 0.5) is 0 Å². The van der Waals surface area contributed by atoms with Gasteiger partial charge in [0.2, 0.25) is 0 Å². The van der Waals surface area contributed by atoms with Crippen LogP contribution in [0, 0.1) is 0 Å². The van der Waals surface area contributed by atoms with Crippen LogP contribution in [0.25, 0.3) is 0 Å².